The molecule has 1 aromatic carbocycles. The van der Waals surface area contributed by atoms with Gasteiger partial charge in [0, 0.05) is 0 Å². The Bertz CT molecular complexity index is 420. The number of ether oxygens (including phenoxy) is 2. The van der Waals surface area contributed by atoms with Gasteiger partial charge < -0.3 is 20.3 Å². The monoisotopic (exact) mass is 243 g/mol. The van der Waals surface area contributed by atoms with E-state index in [0.29, 0.717) is 16.3 Å². The van der Waals surface area contributed by atoms with E-state index < -0.39 is 5.97 Å². The van der Waals surface area contributed by atoms with Gasteiger partial charge in [-0.05, 0) is 12.3 Å². The summed E-state index contributed by atoms with van der Waals surface area (Å²) in [6.45, 7) is 0. The van der Waals surface area contributed by atoms with Gasteiger partial charge in [-0.3, -0.25) is 0 Å². The summed E-state index contributed by atoms with van der Waals surface area (Å²) < 4.78 is 10.2. The van der Waals surface area contributed by atoms with Crippen molar-refractivity contribution in [1.29, 1.82) is 0 Å². The lowest BCUT2D eigenvalue weighted by molar-refractivity contribution is 0.0692. The van der Waals surface area contributed by atoms with Crippen molar-refractivity contribution in [2.75, 3.05) is 26.2 Å². The molecule has 0 atom stereocenters. The Morgan fingerprint density at radius 2 is 1.94 bits per heavy atom. The molecular weight excluding hydrogens is 230 g/mol. The molecular formula is C10H13NO4S. The minimum atomic E-state index is -1.10. The molecule has 0 bridgehead atoms. The third kappa shape index (κ3) is 2.01. The Balaban J connectivity index is 3.56. The molecule has 0 aliphatic rings. The molecule has 0 saturated heterocycles. The van der Waals surface area contributed by atoms with Crippen LogP contribution in [0.4, 0.5) is 5.69 Å². The fourth-order valence-corrected chi connectivity index (χ4v) is 2.06. The number of carbonyl (C=O) groups is 1. The van der Waals surface area contributed by atoms with E-state index >= 15 is 0 Å². The van der Waals surface area contributed by atoms with Gasteiger partial charge in [0.05, 0.1) is 24.8 Å². The van der Waals surface area contributed by atoms with Crippen molar-refractivity contribution in [3.05, 3.63) is 11.6 Å². The van der Waals surface area contributed by atoms with E-state index in [2.05, 4.69) is 0 Å². The molecule has 0 amide bonds. The zero-order valence-corrected chi connectivity index (χ0v) is 10.1. The highest BCUT2D eigenvalue weighted by molar-refractivity contribution is 7.98. The highest BCUT2D eigenvalue weighted by atomic mass is 32.2. The van der Waals surface area contributed by atoms with E-state index in [4.69, 9.17) is 20.3 Å². The predicted molar refractivity (Wildman–Crippen MR) is 62.7 cm³/mol. The molecule has 16 heavy (non-hydrogen) atoms. The van der Waals surface area contributed by atoms with Crippen molar-refractivity contribution in [3.8, 4) is 11.5 Å². The largest absolute Gasteiger partial charge is 0.492 e. The van der Waals surface area contributed by atoms with E-state index in [1.54, 1.807) is 0 Å². The SMILES string of the molecule is COc1c(C(=O)O)cc(N)c(SC)c1OC. The summed E-state index contributed by atoms with van der Waals surface area (Å²) in [5.74, 6) is -0.560. The fourth-order valence-electron chi connectivity index (χ4n) is 1.40. The minimum absolute atomic E-state index is 0.00495. The number of carboxylic acids is 1. The Hall–Kier alpha value is -1.56. The average molecular weight is 243 g/mol. The smallest absolute Gasteiger partial charge is 0.339 e. The molecule has 6 heteroatoms. The summed E-state index contributed by atoms with van der Waals surface area (Å²) in [4.78, 5) is 11.7. The van der Waals surface area contributed by atoms with Gasteiger partial charge in [0.1, 0.15) is 5.56 Å². The molecule has 0 aliphatic heterocycles. The highest BCUT2D eigenvalue weighted by Gasteiger charge is 2.21. The van der Waals surface area contributed by atoms with Crippen LogP contribution < -0.4 is 15.2 Å². The number of methoxy groups -OCH3 is 2. The van der Waals surface area contributed by atoms with E-state index in [0.717, 1.165) is 0 Å². The van der Waals surface area contributed by atoms with Gasteiger partial charge in [0.2, 0.25) is 0 Å². The summed E-state index contributed by atoms with van der Waals surface area (Å²) in [5, 5.41) is 9.01. The van der Waals surface area contributed by atoms with E-state index in [1.165, 1.54) is 32.0 Å². The van der Waals surface area contributed by atoms with Crippen LogP contribution in [0.5, 0.6) is 11.5 Å². The molecule has 0 saturated carbocycles. The third-order valence-corrected chi connectivity index (χ3v) is 2.89. The van der Waals surface area contributed by atoms with Crippen molar-refractivity contribution in [2.24, 2.45) is 0 Å². The molecule has 3 N–H and O–H groups in total. The van der Waals surface area contributed by atoms with Crippen LogP contribution in [-0.2, 0) is 0 Å². The summed E-state index contributed by atoms with van der Waals surface area (Å²) in [7, 11) is 2.84. The van der Waals surface area contributed by atoms with Crippen molar-refractivity contribution >= 4 is 23.4 Å². The van der Waals surface area contributed by atoms with Crippen LogP contribution in [0.2, 0.25) is 0 Å². The van der Waals surface area contributed by atoms with E-state index in [9.17, 15) is 4.79 Å². The number of nitrogens with two attached hydrogens (primary N) is 1. The molecule has 0 aliphatic carbocycles. The second kappa shape index (κ2) is 4.98. The number of carboxylic acid groups (broad SMARTS) is 1. The van der Waals surface area contributed by atoms with Crippen LogP contribution in [0.25, 0.3) is 0 Å². The topological polar surface area (TPSA) is 81.8 Å². The number of benzene rings is 1. The number of anilines is 1. The van der Waals surface area contributed by atoms with Crippen LogP contribution in [-0.4, -0.2) is 31.6 Å². The molecule has 0 radical (unpaired) electrons. The lowest BCUT2D eigenvalue weighted by Gasteiger charge is -2.15. The predicted octanol–water partition coefficient (Wildman–Crippen LogP) is 1.71. The van der Waals surface area contributed by atoms with Crippen molar-refractivity contribution < 1.29 is 19.4 Å². The standard InChI is InChI=1S/C10H13NO4S/c1-14-7-5(10(12)13)4-6(11)9(16-3)8(7)15-2/h4H,11H2,1-3H3,(H,12,13). The lowest BCUT2D eigenvalue weighted by atomic mass is 10.1. The number of hydrogen-bond acceptors (Lipinski definition) is 5. The molecule has 88 valence electrons. The Morgan fingerprint density at radius 3 is 2.31 bits per heavy atom. The lowest BCUT2D eigenvalue weighted by Crippen LogP contribution is -2.05. The Labute approximate surface area is 97.5 Å². The van der Waals surface area contributed by atoms with Crippen LogP contribution in [0, 0.1) is 0 Å². The first kappa shape index (κ1) is 12.5. The number of nitrogen functional groups attached to an aromatic ring is 1. The van der Waals surface area contributed by atoms with Gasteiger partial charge in [-0.2, -0.15) is 0 Å². The molecule has 1 rings (SSSR count). The maximum Gasteiger partial charge on any atom is 0.339 e. The maximum atomic E-state index is 11.0. The summed E-state index contributed by atoms with van der Waals surface area (Å²) in [6.07, 6.45) is 1.83. The van der Waals surface area contributed by atoms with Crippen LogP contribution in [0.1, 0.15) is 10.4 Å². The van der Waals surface area contributed by atoms with E-state index in [1.807, 2.05) is 6.26 Å². The first-order valence-corrected chi connectivity index (χ1v) is 5.61. The first-order chi connectivity index (χ1) is 7.56. The average Bonchev–Trinajstić information content (AvgIpc) is 2.27. The fraction of sp³-hybridized carbons (Fsp3) is 0.300. The van der Waals surface area contributed by atoms with Gasteiger partial charge in [0.25, 0.3) is 0 Å². The van der Waals surface area contributed by atoms with E-state index in [-0.39, 0.29) is 11.3 Å². The zero-order chi connectivity index (χ0) is 12.3. The van der Waals surface area contributed by atoms with Crippen LogP contribution >= 0.6 is 11.8 Å². The minimum Gasteiger partial charge on any atom is -0.492 e. The zero-order valence-electron chi connectivity index (χ0n) is 9.23. The molecule has 0 aromatic heterocycles. The molecule has 0 unspecified atom stereocenters. The second-order valence-corrected chi connectivity index (χ2v) is 3.73. The molecule has 5 nitrogen and oxygen atoms in total. The van der Waals surface area contributed by atoms with Gasteiger partial charge in [-0.25, -0.2) is 4.79 Å². The normalized spacial score (nSPS) is 9.94. The molecule has 0 fully saturated rings. The van der Waals surface area contributed by atoms with Gasteiger partial charge >= 0.3 is 5.97 Å². The first-order valence-electron chi connectivity index (χ1n) is 4.38. The number of aromatic carboxylic acids is 1. The number of rotatable bonds is 4. The van der Waals surface area contributed by atoms with Gasteiger partial charge in [-0.15, -0.1) is 11.8 Å². The molecule has 1 aromatic rings. The molecule has 0 spiro atoms. The highest BCUT2D eigenvalue weighted by Crippen LogP contribution is 2.43. The van der Waals surface area contributed by atoms with Crippen molar-refractivity contribution in [1.82, 2.24) is 0 Å². The Kier molecular flexibility index (Phi) is 3.89. The van der Waals surface area contributed by atoms with Crippen LogP contribution in [0.15, 0.2) is 11.0 Å². The summed E-state index contributed by atoms with van der Waals surface area (Å²) >= 11 is 1.37. The number of hydrogen-bond donors (Lipinski definition) is 2. The quantitative estimate of drug-likeness (QED) is 0.618. The maximum absolute atomic E-state index is 11.0. The molecule has 0 heterocycles. The van der Waals surface area contributed by atoms with Gasteiger partial charge in [-0.1, -0.05) is 0 Å². The summed E-state index contributed by atoms with van der Waals surface area (Å²) in [6, 6.07) is 1.37. The van der Waals surface area contributed by atoms with Crippen molar-refractivity contribution in [3.63, 3.8) is 0 Å². The van der Waals surface area contributed by atoms with Gasteiger partial charge in [0.15, 0.2) is 11.5 Å². The van der Waals surface area contributed by atoms with Crippen LogP contribution in [0.3, 0.4) is 0 Å². The second-order valence-electron chi connectivity index (χ2n) is 2.92. The number of thioether (sulfide) groups is 1. The third-order valence-electron chi connectivity index (χ3n) is 2.06. The Morgan fingerprint density at radius 1 is 1.38 bits per heavy atom. The summed E-state index contributed by atoms with van der Waals surface area (Å²) in [5.41, 5.74) is 6.11. The van der Waals surface area contributed by atoms with Crippen molar-refractivity contribution in [2.45, 2.75) is 4.90 Å².